The molecule has 126 valence electrons. The molecule has 0 saturated heterocycles. The van der Waals surface area contributed by atoms with Crippen LogP contribution in [0, 0.1) is 0 Å². The summed E-state index contributed by atoms with van der Waals surface area (Å²) in [5.41, 5.74) is 3.77. The number of hydrogen-bond donors (Lipinski definition) is 2. The van der Waals surface area contributed by atoms with Gasteiger partial charge in [0.2, 0.25) is 11.9 Å². The van der Waals surface area contributed by atoms with E-state index in [-0.39, 0.29) is 11.7 Å². The number of nitrogens with one attached hydrogen (secondary N) is 2. The first-order valence-corrected chi connectivity index (χ1v) is 9.06. The summed E-state index contributed by atoms with van der Waals surface area (Å²) in [6.45, 7) is 2.89. The van der Waals surface area contributed by atoms with Crippen molar-refractivity contribution in [1.82, 2.24) is 19.5 Å². The maximum Gasteiger partial charge on any atom is 0.237 e. The fraction of sp³-hybridized carbons (Fsp3) is 0.167. The monoisotopic (exact) mass is 351 g/mol. The SMILES string of the molecule is CCn1c(SCC(=O)Nc2nc3ccccc3[nH]2)nc2ccccc21. The Kier molecular flexibility index (Phi) is 4.15. The number of hydrogen-bond acceptors (Lipinski definition) is 4. The zero-order valence-electron chi connectivity index (χ0n) is 13.7. The van der Waals surface area contributed by atoms with Gasteiger partial charge in [0.05, 0.1) is 27.8 Å². The smallest absolute Gasteiger partial charge is 0.237 e. The van der Waals surface area contributed by atoms with E-state index in [1.807, 2.05) is 48.5 Å². The van der Waals surface area contributed by atoms with Gasteiger partial charge in [-0.1, -0.05) is 36.0 Å². The van der Waals surface area contributed by atoms with Crippen LogP contribution in [0.25, 0.3) is 22.1 Å². The molecule has 0 aliphatic carbocycles. The van der Waals surface area contributed by atoms with E-state index < -0.39 is 0 Å². The van der Waals surface area contributed by atoms with Crippen molar-refractivity contribution in [1.29, 1.82) is 0 Å². The number of imidazole rings is 2. The number of aromatic nitrogens is 4. The molecule has 2 aromatic heterocycles. The number of carbonyl (C=O) groups excluding carboxylic acids is 1. The van der Waals surface area contributed by atoms with Gasteiger partial charge in [0.1, 0.15) is 0 Å². The van der Waals surface area contributed by atoms with Crippen LogP contribution in [0.5, 0.6) is 0 Å². The van der Waals surface area contributed by atoms with Gasteiger partial charge in [0.15, 0.2) is 5.16 Å². The maximum atomic E-state index is 12.2. The number of benzene rings is 2. The van der Waals surface area contributed by atoms with Crippen LogP contribution in [0.4, 0.5) is 5.95 Å². The summed E-state index contributed by atoms with van der Waals surface area (Å²) in [6.07, 6.45) is 0. The van der Waals surface area contributed by atoms with Crippen molar-refractivity contribution < 1.29 is 4.79 Å². The second-order valence-corrected chi connectivity index (χ2v) is 6.51. The van der Waals surface area contributed by atoms with Gasteiger partial charge in [-0.3, -0.25) is 10.1 Å². The van der Waals surface area contributed by atoms with E-state index in [0.717, 1.165) is 33.8 Å². The summed E-state index contributed by atoms with van der Waals surface area (Å²) in [4.78, 5) is 24.3. The van der Waals surface area contributed by atoms with Crippen LogP contribution in [0.2, 0.25) is 0 Å². The largest absolute Gasteiger partial charge is 0.324 e. The number of aryl methyl sites for hydroxylation is 1. The predicted molar refractivity (Wildman–Crippen MR) is 101 cm³/mol. The number of rotatable bonds is 5. The van der Waals surface area contributed by atoms with Crippen LogP contribution in [-0.2, 0) is 11.3 Å². The normalized spacial score (nSPS) is 11.2. The van der Waals surface area contributed by atoms with Crippen molar-refractivity contribution in [2.24, 2.45) is 0 Å². The zero-order chi connectivity index (χ0) is 17.2. The minimum absolute atomic E-state index is 0.112. The first-order chi connectivity index (χ1) is 12.2. The van der Waals surface area contributed by atoms with Crippen LogP contribution in [0.1, 0.15) is 6.92 Å². The number of thioether (sulfide) groups is 1. The molecule has 0 aliphatic heterocycles. The van der Waals surface area contributed by atoms with E-state index in [0.29, 0.717) is 5.95 Å². The molecular formula is C18H17N5OS. The Hall–Kier alpha value is -2.80. The van der Waals surface area contributed by atoms with E-state index in [1.165, 1.54) is 11.8 Å². The van der Waals surface area contributed by atoms with Crippen LogP contribution in [-0.4, -0.2) is 31.2 Å². The number of carbonyl (C=O) groups is 1. The summed E-state index contributed by atoms with van der Waals surface area (Å²) in [5.74, 6) is 0.634. The third-order valence-electron chi connectivity index (χ3n) is 3.92. The first kappa shape index (κ1) is 15.7. The van der Waals surface area contributed by atoms with Gasteiger partial charge in [0, 0.05) is 6.54 Å². The molecule has 0 atom stereocenters. The van der Waals surface area contributed by atoms with Crippen LogP contribution in [0.3, 0.4) is 0 Å². The first-order valence-electron chi connectivity index (χ1n) is 8.07. The number of fused-ring (bicyclic) bond motifs is 2. The Bertz CT molecular complexity index is 1020. The van der Waals surface area contributed by atoms with Gasteiger partial charge in [-0.05, 0) is 31.2 Å². The molecule has 7 heteroatoms. The van der Waals surface area contributed by atoms with Gasteiger partial charge >= 0.3 is 0 Å². The highest BCUT2D eigenvalue weighted by molar-refractivity contribution is 7.99. The number of amides is 1. The molecule has 0 spiro atoms. The van der Waals surface area contributed by atoms with Gasteiger partial charge in [-0.15, -0.1) is 0 Å². The Morgan fingerprint density at radius 1 is 1.12 bits per heavy atom. The molecule has 0 radical (unpaired) electrons. The van der Waals surface area contributed by atoms with Crippen LogP contribution in [0.15, 0.2) is 53.7 Å². The van der Waals surface area contributed by atoms with Crippen molar-refractivity contribution in [3.8, 4) is 0 Å². The molecule has 2 N–H and O–H groups in total. The fourth-order valence-corrected chi connectivity index (χ4v) is 3.66. The second-order valence-electron chi connectivity index (χ2n) is 5.57. The molecule has 4 rings (SSSR count). The molecule has 4 aromatic rings. The summed E-state index contributed by atoms with van der Waals surface area (Å²) >= 11 is 1.43. The van der Waals surface area contributed by atoms with Crippen molar-refractivity contribution in [2.75, 3.05) is 11.1 Å². The summed E-state index contributed by atoms with van der Waals surface area (Å²) in [7, 11) is 0. The van der Waals surface area contributed by atoms with Gasteiger partial charge in [-0.2, -0.15) is 0 Å². The highest BCUT2D eigenvalue weighted by Gasteiger charge is 2.12. The van der Waals surface area contributed by atoms with Crippen molar-refractivity contribution in [2.45, 2.75) is 18.6 Å². The molecule has 25 heavy (non-hydrogen) atoms. The average molecular weight is 351 g/mol. The summed E-state index contributed by atoms with van der Waals surface area (Å²) in [5, 5.41) is 3.66. The molecule has 0 unspecified atom stereocenters. The molecular weight excluding hydrogens is 334 g/mol. The number of H-pyrrole nitrogens is 1. The minimum Gasteiger partial charge on any atom is -0.324 e. The highest BCUT2D eigenvalue weighted by atomic mass is 32.2. The Labute approximate surface area is 148 Å². The predicted octanol–water partition coefficient (Wildman–Crippen LogP) is 3.66. The van der Waals surface area contributed by atoms with Crippen molar-refractivity contribution >= 4 is 45.7 Å². The fourth-order valence-electron chi connectivity index (χ4n) is 2.78. The number of nitrogens with zero attached hydrogens (tertiary/aromatic N) is 3. The van der Waals surface area contributed by atoms with Crippen molar-refractivity contribution in [3.63, 3.8) is 0 Å². The molecule has 0 saturated carbocycles. The molecule has 0 aliphatic rings. The maximum absolute atomic E-state index is 12.2. The molecule has 1 amide bonds. The standard InChI is InChI=1S/C18H17N5OS/c1-2-23-15-10-6-5-9-14(15)21-18(23)25-11-16(24)22-17-19-12-7-3-4-8-13(12)20-17/h3-10H,2,11H2,1H3,(H2,19,20,22,24). The summed E-state index contributed by atoms with van der Waals surface area (Å²) in [6, 6.07) is 15.7. The van der Waals surface area contributed by atoms with E-state index in [9.17, 15) is 4.79 Å². The lowest BCUT2D eigenvalue weighted by Gasteiger charge is -2.05. The lowest BCUT2D eigenvalue weighted by Crippen LogP contribution is -2.15. The Morgan fingerprint density at radius 2 is 1.88 bits per heavy atom. The van der Waals surface area contributed by atoms with Crippen LogP contribution >= 0.6 is 11.8 Å². The molecule has 0 fully saturated rings. The van der Waals surface area contributed by atoms with Gasteiger partial charge < -0.3 is 9.55 Å². The van der Waals surface area contributed by atoms with E-state index >= 15 is 0 Å². The van der Waals surface area contributed by atoms with Crippen molar-refractivity contribution in [3.05, 3.63) is 48.5 Å². The number of para-hydroxylation sites is 4. The van der Waals surface area contributed by atoms with E-state index in [1.54, 1.807) is 0 Å². The van der Waals surface area contributed by atoms with E-state index in [2.05, 4.69) is 31.8 Å². The quantitative estimate of drug-likeness (QED) is 0.538. The molecule has 2 aromatic carbocycles. The molecule has 6 nitrogen and oxygen atoms in total. The third kappa shape index (κ3) is 3.10. The Balaban J connectivity index is 1.46. The van der Waals surface area contributed by atoms with Gasteiger partial charge in [0.25, 0.3) is 0 Å². The average Bonchev–Trinajstić information content (AvgIpc) is 3.19. The topological polar surface area (TPSA) is 75.6 Å². The van der Waals surface area contributed by atoms with E-state index in [4.69, 9.17) is 0 Å². The lowest BCUT2D eigenvalue weighted by molar-refractivity contribution is -0.113. The third-order valence-corrected chi connectivity index (χ3v) is 4.89. The number of aromatic amines is 1. The Morgan fingerprint density at radius 3 is 2.68 bits per heavy atom. The zero-order valence-corrected chi connectivity index (χ0v) is 14.5. The highest BCUT2D eigenvalue weighted by Crippen LogP contribution is 2.24. The molecule has 0 bridgehead atoms. The van der Waals surface area contributed by atoms with Gasteiger partial charge in [-0.25, -0.2) is 9.97 Å². The van der Waals surface area contributed by atoms with Crippen LogP contribution < -0.4 is 5.32 Å². The second kappa shape index (κ2) is 6.60. The minimum atomic E-state index is -0.112. The molecule has 2 heterocycles. The number of anilines is 1. The summed E-state index contributed by atoms with van der Waals surface area (Å²) < 4.78 is 2.12. The lowest BCUT2D eigenvalue weighted by atomic mass is 10.3.